The van der Waals surface area contributed by atoms with Crippen molar-refractivity contribution in [2.45, 2.75) is 291 Å². The number of sulfonamides is 1. The summed E-state index contributed by atoms with van der Waals surface area (Å²) in [5, 5.41) is 11.6. The van der Waals surface area contributed by atoms with E-state index in [1.165, 1.54) is 71.7 Å². The van der Waals surface area contributed by atoms with Crippen molar-refractivity contribution < 1.29 is 70.7 Å². The Balaban J connectivity index is 2.01. The molecule has 5 N–H and O–H groups in total. The van der Waals surface area contributed by atoms with Gasteiger partial charge in [0.1, 0.15) is 54.4 Å². The van der Waals surface area contributed by atoms with Gasteiger partial charge in [-0.2, -0.15) is 0 Å². The Hall–Kier alpha value is -6.94. The SMILES string of the molecule is CCCCN1CC(=O)N(C)[C@@H](CC2CCCCC2)C(=O)NC(CCC(=O)NS(C)(=O)=O)C(=O)N(C)[C@@H](CC(C)C)C(=O)N[C@@H](CC(C)C)C(=O)N(C)CC(=O)N(C)[C@@H](CC2CCCCC2)C(=O)N(C)[C@@H](CC(C)C)C(=O)N[C@@H](CC(C)C)C(=O)N(C)[C@@H](CC(C)C)C(=O)N[C@H](C(=O)N2CCCCC2)CC1=O. The number of likely N-dealkylation sites (N-methyl/N-ethyl adjacent to an activating group) is 6. The number of piperidine rings is 1. The normalized spacial score (nSPS) is 25.6. The minimum Gasteiger partial charge on any atom is -0.342 e. The van der Waals surface area contributed by atoms with Crippen molar-refractivity contribution in [1.82, 2.24) is 65.2 Å². The van der Waals surface area contributed by atoms with Crippen LogP contribution in [-0.4, -0.2) is 260 Å². The molecule has 2 saturated heterocycles. The second-order valence-electron chi connectivity index (χ2n) is 33.1. The van der Waals surface area contributed by atoms with Gasteiger partial charge in [0.25, 0.3) is 0 Å². The third-order valence-corrected chi connectivity index (χ3v) is 22.0. The summed E-state index contributed by atoms with van der Waals surface area (Å²) in [6.07, 6.45) is 11.7. The summed E-state index contributed by atoms with van der Waals surface area (Å²) in [6.45, 7) is 20.2. The number of nitrogens with one attached hydrogen (secondary N) is 5. The molecule has 2 saturated carbocycles. The smallest absolute Gasteiger partial charge is 0.245 e. The molecule has 4 aliphatic rings. The molecule has 4 rings (SSSR count). The van der Waals surface area contributed by atoms with Crippen molar-refractivity contribution in [3.05, 3.63) is 0 Å². The zero-order valence-corrected chi connectivity index (χ0v) is 68.4. The Kier molecular flexibility index (Phi) is 37.9. The van der Waals surface area contributed by atoms with Crippen LogP contribution in [0, 0.1) is 41.4 Å². The number of carbonyl (C=O) groups is 13. The summed E-state index contributed by atoms with van der Waals surface area (Å²) >= 11 is 0. The molecule has 1 unspecified atom stereocenters. The highest BCUT2D eigenvalue weighted by Gasteiger charge is 2.44. The maximum Gasteiger partial charge on any atom is 0.245 e. The summed E-state index contributed by atoms with van der Waals surface area (Å²) in [4.78, 5) is 206. The first-order chi connectivity index (χ1) is 49.7. The maximum absolute atomic E-state index is 15.5. The van der Waals surface area contributed by atoms with Crippen LogP contribution in [0.2, 0.25) is 0 Å². The Morgan fingerprint density at radius 3 is 1.29 bits per heavy atom. The molecule has 0 aromatic carbocycles. The lowest BCUT2D eigenvalue weighted by atomic mass is 9.84. The van der Waals surface area contributed by atoms with Crippen molar-refractivity contribution in [1.29, 1.82) is 0 Å². The first-order valence-electron chi connectivity index (χ1n) is 39.5. The van der Waals surface area contributed by atoms with Gasteiger partial charge in [-0.25, -0.2) is 8.42 Å². The van der Waals surface area contributed by atoms with Gasteiger partial charge in [-0.05, 0) is 118 Å². The van der Waals surface area contributed by atoms with Gasteiger partial charge in [0, 0.05) is 68.3 Å². The minimum atomic E-state index is -4.09. The van der Waals surface area contributed by atoms with E-state index in [-0.39, 0.29) is 92.9 Å². The zero-order valence-electron chi connectivity index (χ0n) is 67.6. The topological polar surface area (TPSA) is 342 Å². The number of rotatable bonds is 22. The monoisotopic (exact) mass is 1510 g/mol. The first kappa shape index (κ1) is 91.4. The van der Waals surface area contributed by atoms with Gasteiger partial charge >= 0.3 is 0 Å². The summed E-state index contributed by atoms with van der Waals surface area (Å²) in [5.41, 5.74) is 0. The van der Waals surface area contributed by atoms with Crippen molar-refractivity contribution in [3.8, 4) is 0 Å². The molecule has 2 aliphatic carbocycles. The maximum atomic E-state index is 15.5. The summed E-state index contributed by atoms with van der Waals surface area (Å²) in [5.74, 6) is -10.2. The van der Waals surface area contributed by atoms with Crippen LogP contribution in [0.3, 0.4) is 0 Å². The Bertz CT molecular complexity index is 3080. The van der Waals surface area contributed by atoms with Crippen molar-refractivity contribution in [3.63, 3.8) is 0 Å². The lowest BCUT2D eigenvalue weighted by molar-refractivity contribution is -0.151. The van der Waals surface area contributed by atoms with Crippen molar-refractivity contribution >= 4 is 86.8 Å². The van der Waals surface area contributed by atoms with Gasteiger partial charge in [-0.3, -0.25) is 67.1 Å². The van der Waals surface area contributed by atoms with Crippen LogP contribution in [-0.2, 0) is 72.4 Å². The largest absolute Gasteiger partial charge is 0.342 e. The number of unbranched alkanes of at least 4 members (excludes halogenated alkanes) is 1. The van der Waals surface area contributed by atoms with E-state index in [1.54, 1.807) is 4.90 Å². The number of nitrogens with zero attached hydrogens (tertiary/aromatic N) is 8. The molecule has 106 heavy (non-hydrogen) atoms. The van der Waals surface area contributed by atoms with Gasteiger partial charge in [-0.1, -0.05) is 147 Å². The van der Waals surface area contributed by atoms with Crippen LogP contribution in [0.15, 0.2) is 0 Å². The average molecular weight is 1520 g/mol. The van der Waals surface area contributed by atoms with Crippen molar-refractivity contribution in [2.24, 2.45) is 41.4 Å². The van der Waals surface area contributed by atoms with Crippen LogP contribution >= 0.6 is 0 Å². The molecule has 0 spiro atoms. The van der Waals surface area contributed by atoms with E-state index in [0.717, 1.165) is 68.9 Å². The van der Waals surface area contributed by atoms with Gasteiger partial charge in [-0.15, -0.1) is 0 Å². The molecule has 2 heterocycles. The Labute approximate surface area is 633 Å². The number of hydrogen-bond acceptors (Lipinski definition) is 15. The van der Waals surface area contributed by atoms with Crippen LogP contribution in [0.25, 0.3) is 0 Å². The molecule has 9 atom stereocenters. The minimum absolute atomic E-state index is 0.0243. The van der Waals surface area contributed by atoms with E-state index in [2.05, 4.69) is 21.3 Å². The number of carbonyl (C=O) groups excluding carboxylic acids is 13. The quantitative estimate of drug-likeness (QED) is 0.0882. The second kappa shape index (κ2) is 43.9. The third kappa shape index (κ3) is 29.2. The molecule has 0 aromatic rings. The molecule has 604 valence electrons. The predicted molar refractivity (Wildman–Crippen MR) is 407 cm³/mol. The number of amides is 13. The van der Waals surface area contributed by atoms with E-state index in [1.807, 2.05) is 80.9 Å². The van der Waals surface area contributed by atoms with E-state index in [0.29, 0.717) is 51.6 Å². The highest BCUT2D eigenvalue weighted by Crippen LogP contribution is 2.32. The Morgan fingerprint density at radius 1 is 0.453 bits per heavy atom. The van der Waals surface area contributed by atoms with Gasteiger partial charge in [0.15, 0.2) is 0 Å². The fraction of sp³-hybridized carbons (Fsp3) is 0.831. The molecular formula is C77H135N13O15S. The molecule has 13 amide bonds. The molecule has 2 aliphatic heterocycles. The molecular weight excluding hydrogens is 1380 g/mol. The standard InChI is InChI=1S/C77H135N13O15S/c1-19-20-36-90-48-68(94)84(13)63(44-54-30-24-21-25-31-54)72(98)78-56(34-35-65(91)82-106(18,104)105)74(100)86(15)60(41-51(6)7)69(95)79-57(39-49(2)3)73(99)83(12)47-67(93)85(14)64(45-55-32-26-22-27-33-55)77(103)88(17)62(43-53(10)11)71(97)80-58(40-50(4)5)75(101)87(16)61(42-52(8)9)70(96)81-59(46-66(90)92)76(102)89-37-28-23-29-38-89/h49-64H,19-48H2,1-18H3,(H,78,98)(H,79,95)(H,80,97)(H,81,96)(H,82,91)/t56?,57-,58-,59-,60-,61-,62-,63-,64-/m0/s1. The zero-order chi connectivity index (χ0) is 79.6. The summed E-state index contributed by atoms with van der Waals surface area (Å²) in [7, 11) is 4.56. The average Bonchev–Trinajstić information content (AvgIpc) is 0.825. The van der Waals surface area contributed by atoms with E-state index in [9.17, 15) is 27.6 Å². The number of likely N-dealkylation sites (tertiary alicyclic amines) is 1. The van der Waals surface area contributed by atoms with Gasteiger partial charge < -0.3 is 60.5 Å². The Morgan fingerprint density at radius 2 is 0.840 bits per heavy atom. The lowest BCUT2D eigenvalue weighted by Crippen LogP contribution is -2.61. The van der Waals surface area contributed by atoms with E-state index in [4.69, 9.17) is 0 Å². The molecule has 28 nitrogen and oxygen atoms in total. The van der Waals surface area contributed by atoms with Crippen LogP contribution in [0.1, 0.15) is 237 Å². The van der Waals surface area contributed by atoms with E-state index >= 15 is 43.2 Å². The van der Waals surface area contributed by atoms with Gasteiger partial charge in [0.2, 0.25) is 86.8 Å². The lowest BCUT2D eigenvalue weighted by Gasteiger charge is -2.38. The number of hydrogen-bond donors (Lipinski definition) is 5. The van der Waals surface area contributed by atoms with Crippen molar-refractivity contribution in [2.75, 3.05) is 81.3 Å². The molecule has 0 aromatic heterocycles. The predicted octanol–water partition coefficient (Wildman–Crippen LogP) is 5.59. The molecule has 0 radical (unpaired) electrons. The first-order valence-corrected chi connectivity index (χ1v) is 41.4. The van der Waals surface area contributed by atoms with Crippen LogP contribution < -0.4 is 26.0 Å². The van der Waals surface area contributed by atoms with Crippen LogP contribution in [0.4, 0.5) is 0 Å². The highest BCUT2D eigenvalue weighted by molar-refractivity contribution is 7.89. The molecule has 29 heteroatoms. The molecule has 0 bridgehead atoms. The highest BCUT2D eigenvalue weighted by atomic mass is 32.2. The van der Waals surface area contributed by atoms with Crippen LogP contribution in [0.5, 0.6) is 0 Å². The fourth-order valence-corrected chi connectivity index (χ4v) is 15.7. The van der Waals surface area contributed by atoms with Gasteiger partial charge in [0.05, 0.1) is 25.8 Å². The van der Waals surface area contributed by atoms with E-state index < -0.39 is 174 Å². The second-order valence-corrected chi connectivity index (χ2v) is 34.8. The summed E-state index contributed by atoms with van der Waals surface area (Å²) in [6, 6.07) is -11.7. The third-order valence-electron chi connectivity index (χ3n) is 21.4. The molecule has 4 fully saturated rings. The summed E-state index contributed by atoms with van der Waals surface area (Å²) < 4.78 is 26.6. The fourth-order valence-electron chi connectivity index (χ4n) is 15.2.